The van der Waals surface area contributed by atoms with Crippen molar-refractivity contribution < 1.29 is 4.79 Å². The Hall–Kier alpha value is -0.210. The third-order valence-corrected chi connectivity index (χ3v) is 6.59. The molecule has 0 atom stereocenters. The highest BCUT2D eigenvalue weighted by atomic mass is 127. The zero-order valence-electron chi connectivity index (χ0n) is 10.6. The summed E-state index contributed by atoms with van der Waals surface area (Å²) in [6.07, 6.45) is 2.18. The maximum atomic E-state index is 11.8. The van der Waals surface area contributed by atoms with Crippen molar-refractivity contribution in [3.05, 3.63) is 33.4 Å². The van der Waals surface area contributed by atoms with E-state index in [1.807, 2.05) is 47.8 Å². The molecule has 0 aromatic heterocycles. The molecular weight excluding hydrogens is 391 g/mol. The molecule has 102 valence electrons. The molecule has 0 saturated carbocycles. The molecule has 3 nitrogen and oxygen atoms in total. The summed E-state index contributed by atoms with van der Waals surface area (Å²) in [6, 6.07) is 7.96. The lowest BCUT2D eigenvalue weighted by Gasteiger charge is -2.19. The number of nitrogens with one attached hydrogen (secondary N) is 1. The minimum atomic E-state index is -0.0220. The van der Waals surface area contributed by atoms with Gasteiger partial charge in [0.2, 0.25) is 5.91 Å². The molecular formula is C13H15IN2OS2. The number of halogens is 1. The summed E-state index contributed by atoms with van der Waals surface area (Å²) in [5.41, 5.74) is 3.59. The van der Waals surface area contributed by atoms with Crippen LogP contribution in [0.25, 0.3) is 0 Å². The standard InChI is InChI=1S/C13H15IN2OS2/c1-13(18-5-6-19-13)8-12(17)16-15-9-10-3-2-4-11(14)7-10/h2-4,7,9H,5-6,8H2,1H3,(H,16,17)/b15-9+. The quantitative estimate of drug-likeness (QED) is 0.474. The van der Waals surface area contributed by atoms with Gasteiger partial charge in [0.15, 0.2) is 0 Å². The summed E-state index contributed by atoms with van der Waals surface area (Å²) < 4.78 is 1.17. The third kappa shape index (κ3) is 5.00. The second-order valence-electron chi connectivity index (χ2n) is 4.36. The smallest absolute Gasteiger partial charge is 0.242 e. The van der Waals surface area contributed by atoms with Crippen LogP contribution in [0.2, 0.25) is 0 Å². The summed E-state index contributed by atoms with van der Waals surface area (Å²) in [6.45, 7) is 2.12. The SMILES string of the molecule is CC1(CC(=O)N/N=C/c2cccc(I)c2)SCCS1. The molecule has 1 amide bonds. The fourth-order valence-corrected chi connectivity index (χ4v) is 5.15. The molecule has 1 heterocycles. The molecule has 1 aliphatic rings. The van der Waals surface area contributed by atoms with E-state index in [9.17, 15) is 4.79 Å². The van der Waals surface area contributed by atoms with Crippen molar-refractivity contribution in [3.63, 3.8) is 0 Å². The van der Waals surface area contributed by atoms with Gasteiger partial charge in [-0.15, -0.1) is 23.5 Å². The van der Waals surface area contributed by atoms with Gasteiger partial charge in [0.1, 0.15) is 0 Å². The number of hydrogen-bond acceptors (Lipinski definition) is 4. The Balaban J connectivity index is 1.83. The first kappa shape index (κ1) is 15.2. The summed E-state index contributed by atoms with van der Waals surface area (Å²) >= 11 is 5.96. The van der Waals surface area contributed by atoms with Gasteiger partial charge in [-0.2, -0.15) is 5.10 Å². The molecule has 1 fully saturated rings. The average Bonchev–Trinajstić information content (AvgIpc) is 2.75. The minimum Gasteiger partial charge on any atom is -0.273 e. The molecule has 1 aromatic carbocycles. The molecule has 19 heavy (non-hydrogen) atoms. The van der Waals surface area contributed by atoms with E-state index in [-0.39, 0.29) is 9.99 Å². The highest BCUT2D eigenvalue weighted by molar-refractivity contribution is 14.1. The number of nitrogens with zero attached hydrogens (tertiary/aromatic N) is 1. The molecule has 0 aliphatic carbocycles. The van der Waals surface area contributed by atoms with Gasteiger partial charge in [-0.3, -0.25) is 4.79 Å². The van der Waals surface area contributed by atoms with E-state index in [4.69, 9.17) is 0 Å². The van der Waals surface area contributed by atoms with Gasteiger partial charge in [-0.25, -0.2) is 5.43 Å². The summed E-state index contributed by atoms with van der Waals surface area (Å²) in [7, 11) is 0. The van der Waals surface area contributed by atoms with Crippen molar-refractivity contribution >= 4 is 58.2 Å². The van der Waals surface area contributed by atoms with Crippen LogP contribution in [0.5, 0.6) is 0 Å². The van der Waals surface area contributed by atoms with E-state index in [1.54, 1.807) is 6.21 Å². The van der Waals surface area contributed by atoms with E-state index >= 15 is 0 Å². The van der Waals surface area contributed by atoms with Gasteiger partial charge in [-0.05, 0) is 47.2 Å². The van der Waals surface area contributed by atoms with Crippen molar-refractivity contribution in [1.82, 2.24) is 5.43 Å². The van der Waals surface area contributed by atoms with E-state index in [0.29, 0.717) is 6.42 Å². The van der Waals surface area contributed by atoms with Crippen molar-refractivity contribution in [2.45, 2.75) is 17.4 Å². The van der Waals surface area contributed by atoms with Crippen LogP contribution >= 0.6 is 46.1 Å². The van der Waals surface area contributed by atoms with Gasteiger partial charge in [0, 0.05) is 15.1 Å². The third-order valence-electron chi connectivity index (χ3n) is 2.63. The van der Waals surface area contributed by atoms with E-state index < -0.39 is 0 Å². The van der Waals surface area contributed by atoms with Gasteiger partial charge >= 0.3 is 0 Å². The number of hydrogen-bond donors (Lipinski definition) is 1. The Morgan fingerprint density at radius 1 is 1.53 bits per heavy atom. The highest BCUT2D eigenvalue weighted by Crippen LogP contribution is 2.45. The fourth-order valence-electron chi connectivity index (χ4n) is 1.76. The second-order valence-corrected chi connectivity index (χ2v) is 9.06. The Kier molecular flexibility index (Phi) is 5.58. The number of hydrazone groups is 1. The molecule has 1 N–H and O–H groups in total. The second kappa shape index (κ2) is 6.99. The number of amides is 1. The Labute approximate surface area is 135 Å². The summed E-state index contributed by atoms with van der Waals surface area (Å²) in [5.74, 6) is 2.23. The number of rotatable bonds is 4. The molecule has 1 saturated heterocycles. The Morgan fingerprint density at radius 3 is 2.95 bits per heavy atom. The van der Waals surface area contributed by atoms with Crippen molar-refractivity contribution in [2.75, 3.05) is 11.5 Å². The van der Waals surface area contributed by atoms with Crippen molar-refractivity contribution in [1.29, 1.82) is 0 Å². The first-order valence-corrected chi connectivity index (χ1v) is 8.98. The van der Waals surface area contributed by atoms with E-state index in [0.717, 1.165) is 20.6 Å². The fraction of sp³-hybridized carbons (Fsp3) is 0.385. The summed E-state index contributed by atoms with van der Waals surface area (Å²) in [5, 5.41) is 4.01. The minimum absolute atomic E-state index is 0.0156. The lowest BCUT2D eigenvalue weighted by atomic mass is 10.2. The molecule has 1 aliphatic heterocycles. The topological polar surface area (TPSA) is 41.5 Å². The zero-order chi connectivity index (χ0) is 13.7. The Morgan fingerprint density at radius 2 is 2.26 bits per heavy atom. The number of thioether (sulfide) groups is 2. The molecule has 1 aromatic rings. The summed E-state index contributed by atoms with van der Waals surface area (Å²) in [4.78, 5) is 11.8. The van der Waals surface area contributed by atoms with Gasteiger partial charge in [-0.1, -0.05) is 12.1 Å². The number of carbonyl (C=O) groups excluding carboxylic acids is 1. The lowest BCUT2D eigenvalue weighted by molar-refractivity contribution is -0.121. The van der Waals surface area contributed by atoms with Gasteiger partial charge in [0.05, 0.1) is 16.7 Å². The van der Waals surface area contributed by atoms with Gasteiger partial charge in [0.25, 0.3) is 0 Å². The van der Waals surface area contributed by atoms with E-state index in [2.05, 4.69) is 40.0 Å². The maximum Gasteiger partial charge on any atom is 0.242 e. The lowest BCUT2D eigenvalue weighted by Crippen LogP contribution is -2.26. The van der Waals surface area contributed by atoms with Crippen molar-refractivity contribution in [3.8, 4) is 0 Å². The molecule has 0 radical (unpaired) electrons. The first-order valence-electron chi connectivity index (χ1n) is 5.93. The Bertz CT molecular complexity index is 487. The monoisotopic (exact) mass is 406 g/mol. The first-order chi connectivity index (χ1) is 9.07. The van der Waals surface area contributed by atoms with Crippen LogP contribution in [0, 0.1) is 3.57 Å². The van der Waals surface area contributed by atoms with Crippen LogP contribution in [0.1, 0.15) is 18.9 Å². The number of benzene rings is 1. The largest absolute Gasteiger partial charge is 0.273 e. The molecule has 0 spiro atoms. The van der Waals surface area contributed by atoms with Crippen LogP contribution in [0.3, 0.4) is 0 Å². The van der Waals surface area contributed by atoms with Crippen LogP contribution < -0.4 is 5.43 Å². The van der Waals surface area contributed by atoms with Crippen molar-refractivity contribution in [2.24, 2.45) is 5.10 Å². The van der Waals surface area contributed by atoms with Gasteiger partial charge < -0.3 is 0 Å². The molecule has 0 unspecified atom stereocenters. The van der Waals surface area contributed by atoms with Crippen LogP contribution in [0.15, 0.2) is 29.4 Å². The van der Waals surface area contributed by atoms with Crippen LogP contribution in [-0.4, -0.2) is 27.7 Å². The predicted octanol–water partition coefficient (Wildman–Crippen LogP) is 3.33. The zero-order valence-corrected chi connectivity index (χ0v) is 14.3. The normalized spacial score (nSPS) is 17.8. The predicted molar refractivity (Wildman–Crippen MR) is 92.8 cm³/mol. The molecule has 2 rings (SSSR count). The highest BCUT2D eigenvalue weighted by Gasteiger charge is 2.32. The molecule has 0 bridgehead atoms. The van der Waals surface area contributed by atoms with Crippen LogP contribution in [-0.2, 0) is 4.79 Å². The van der Waals surface area contributed by atoms with E-state index in [1.165, 1.54) is 0 Å². The van der Waals surface area contributed by atoms with Crippen LogP contribution in [0.4, 0.5) is 0 Å². The average molecular weight is 406 g/mol. The molecule has 6 heteroatoms. The maximum absolute atomic E-state index is 11.8. The number of carbonyl (C=O) groups is 1.